The molecule has 0 saturated heterocycles. The Kier molecular flexibility index (Phi) is 5.73. The van der Waals surface area contributed by atoms with Crippen LogP contribution in [0.2, 0.25) is 0 Å². The van der Waals surface area contributed by atoms with Crippen LogP contribution in [0, 0.1) is 19.7 Å². The van der Waals surface area contributed by atoms with Crippen molar-refractivity contribution in [2.75, 3.05) is 6.61 Å². The molecule has 5 rings (SSSR count). The summed E-state index contributed by atoms with van der Waals surface area (Å²) in [6, 6.07) is 16.3. The van der Waals surface area contributed by atoms with Gasteiger partial charge in [0.05, 0.1) is 17.0 Å². The Morgan fingerprint density at radius 1 is 1.09 bits per heavy atom. The van der Waals surface area contributed by atoms with Gasteiger partial charge >= 0.3 is 0 Å². The molecule has 35 heavy (non-hydrogen) atoms. The standard InChI is InChI=1S/C29H24FNO4/c1-4-12-34-22-7-5-6-20(15-22)25-24-26(32)23-14-17(2)13-18(3)27(23)35-28(24)29(33)31(25)16-19-8-10-21(30)11-9-19/h4-11,13-15,25H,1,12,16H2,2-3H3. The minimum absolute atomic E-state index is 0.0407. The second-order valence-electron chi connectivity index (χ2n) is 8.77. The van der Waals surface area contributed by atoms with Crippen LogP contribution in [0.1, 0.15) is 44.4 Å². The molecule has 0 fully saturated rings. The molecule has 0 N–H and O–H groups in total. The number of rotatable bonds is 6. The molecule has 0 aliphatic carbocycles. The lowest BCUT2D eigenvalue weighted by molar-refractivity contribution is 0.0714. The molecule has 1 unspecified atom stereocenters. The zero-order chi connectivity index (χ0) is 24.7. The van der Waals surface area contributed by atoms with Crippen molar-refractivity contribution in [2.45, 2.75) is 26.4 Å². The van der Waals surface area contributed by atoms with Gasteiger partial charge < -0.3 is 14.1 Å². The number of hydrogen-bond acceptors (Lipinski definition) is 4. The predicted octanol–water partition coefficient (Wildman–Crippen LogP) is 5.86. The van der Waals surface area contributed by atoms with Crippen LogP contribution in [-0.4, -0.2) is 17.4 Å². The molecule has 1 amide bonds. The summed E-state index contributed by atoms with van der Waals surface area (Å²) in [5.74, 6) is -0.103. The lowest BCUT2D eigenvalue weighted by Crippen LogP contribution is -2.29. The van der Waals surface area contributed by atoms with Crippen molar-refractivity contribution >= 4 is 16.9 Å². The molecule has 1 atom stereocenters. The minimum atomic E-state index is -0.684. The van der Waals surface area contributed by atoms with E-state index in [-0.39, 0.29) is 29.5 Å². The summed E-state index contributed by atoms with van der Waals surface area (Å²) in [5, 5.41) is 0.446. The fourth-order valence-electron chi connectivity index (χ4n) is 4.70. The smallest absolute Gasteiger partial charge is 0.291 e. The van der Waals surface area contributed by atoms with Crippen LogP contribution in [0.5, 0.6) is 5.75 Å². The topological polar surface area (TPSA) is 59.8 Å². The molecule has 2 heterocycles. The largest absolute Gasteiger partial charge is 0.490 e. The Morgan fingerprint density at radius 3 is 2.60 bits per heavy atom. The number of carbonyl (C=O) groups excluding carboxylic acids is 1. The van der Waals surface area contributed by atoms with E-state index < -0.39 is 6.04 Å². The van der Waals surface area contributed by atoms with Gasteiger partial charge in [-0.25, -0.2) is 4.39 Å². The van der Waals surface area contributed by atoms with Gasteiger partial charge in [-0.05, 0) is 66.4 Å². The Balaban J connectivity index is 1.71. The molecule has 0 radical (unpaired) electrons. The van der Waals surface area contributed by atoms with E-state index in [1.54, 1.807) is 29.2 Å². The summed E-state index contributed by atoms with van der Waals surface area (Å²) in [6.07, 6.45) is 1.65. The molecule has 5 nitrogen and oxygen atoms in total. The number of halogens is 1. The number of ether oxygens (including phenoxy) is 1. The number of fused-ring (bicyclic) bond motifs is 2. The van der Waals surface area contributed by atoms with Crippen LogP contribution >= 0.6 is 0 Å². The maximum Gasteiger partial charge on any atom is 0.291 e. The fourth-order valence-corrected chi connectivity index (χ4v) is 4.70. The molecular formula is C29H24FNO4. The van der Waals surface area contributed by atoms with E-state index in [0.717, 1.165) is 22.3 Å². The Bertz CT molecular complexity index is 1520. The lowest BCUT2D eigenvalue weighted by Gasteiger charge is -2.25. The van der Waals surface area contributed by atoms with Crippen LogP contribution in [-0.2, 0) is 6.54 Å². The van der Waals surface area contributed by atoms with Crippen molar-refractivity contribution in [3.63, 3.8) is 0 Å². The maximum absolute atomic E-state index is 13.8. The number of carbonyl (C=O) groups is 1. The molecule has 0 saturated carbocycles. The van der Waals surface area contributed by atoms with Gasteiger partial charge in [0.1, 0.15) is 23.8 Å². The van der Waals surface area contributed by atoms with Crippen LogP contribution in [0.3, 0.4) is 0 Å². The van der Waals surface area contributed by atoms with Crippen molar-refractivity contribution in [3.05, 3.63) is 123 Å². The molecule has 1 aliphatic heterocycles. The number of benzene rings is 3. The lowest BCUT2D eigenvalue weighted by atomic mass is 9.97. The average molecular weight is 470 g/mol. The maximum atomic E-state index is 13.8. The summed E-state index contributed by atoms with van der Waals surface area (Å²) in [6.45, 7) is 7.96. The molecule has 4 aromatic rings. The molecular weight excluding hydrogens is 445 g/mol. The quantitative estimate of drug-likeness (QED) is 0.332. The van der Waals surface area contributed by atoms with Crippen LogP contribution in [0.4, 0.5) is 4.39 Å². The Hall–Kier alpha value is -4.19. The van der Waals surface area contributed by atoms with E-state index in [2.05, 4.69) is 6.58 Å². The van der Waals surface area contributed by atoms with Crippen molar-refractivity contribution in [1.29, 1.82) is 0 Å². The summed E-state index contributed by atoms with van der Waals surface area (Å²) >= 11 is 0. The predicted molar refractivity (Wildman–Crippen MR) is 132 cm³/mol. The highest BCUT2D eigenvalue weighted by Gasteiger charge is 2.43. The number of amides is 1. The first-order valence-electron chi connectivity index (χ1n) is 11.3. The summed E-state index contributed by atoms with van der Waals surface area (Å²) in [5.41, 5.74) is 3.67. The molecule has 0 spiro atoms. The van der Waals surface area contributed by atoms with Crippen LogP contribution in [0.25, 0.3) is 11.0 Å². The highest BCUT2D eigenvalue weighted by atomic mass is 19.1. The average Bonchev–Trinajstić information content (AvgIpc) is 3.12. The second kappa shape index (κ2) is 8.87. The van der Waals surface area contributed by atoms with Crippen molar-refractivity contribution in [2.24, 2.45) is 0 Å². The third-order valence-corrected chi connectivity index (χ3v) is 6.21. The monoisotopic (exact) mass is 469 g/mol. The zero-order valence-corrected chi connectivity index (χ0v) is 19.5. The zero-order valence-electron chi connectivity index (χ0n) is 19.5. The van der Waals surface area contributed by atoms with Crippen LogP contribution < -0.4 is 10.2 Å². The SMILES string of the molecule is C=CCOc1cccc(C2c3c(oc4c(C)cc(C)cc4c3=O)C(=O)N2Cc2ccc(F)cc2)c1. The molecule has 6 heteroatoms. The molecule has 1 aliphatic rings. The van der Waals surface area contributed by atoms with E-state index in [1.807, 2.05) is 44.2 Å². The second-order valence-corrected chi connectivity index (χ2v) is 8.77. The van der Waals surface area contributed by atoms with Gasteiger partial charge in [0.25, 0.3) is 5.91 Å². The number of aryl methyl sites for hydroxylation is 2. The van der Waals surface area contributed by atoms with Gasteiger partial charge in [-0.3, -0.25) is 9.59 Å². The highest BCUT2D eigenvalue weighted by molar-refractivity contribution is 5.99. The first-order valence-corrected chi connectivity index (χ1v) is 11.3. The van der Waals surface area contributed by atoms with E-state index >= 15 is 0 Å². The minimum Gasteiger partial charge on any atom is -0.490 e. The number of hydrogen-bond donors (Lipinski definition) is 0. The fraction of sp³-hybridized carbons (Fsp3) is 0.172. The van der Waals surface area contributed by atoms with Crippen molar-refractivity contribution < 1.29 is 18.3 Å². The molecule has 176 valence electrons. The molecule has 0 bridgehead atoms. The Labute approximate surface area is 202 Å². The van der Waals surface area contributed by atoms with Gasteiger partial charge in [-0.15, -0.1) is 0 Å². The highest BCUT2D eigenvalue weighted by Crippen LogP contribution is 2.40. The normalized spacial score (nSPS) is 14.9. The van der Waals surface area contributed by atoms with E-state index in [0.29, 0.717) is 28.9 Å². The summed E-state index contributed by atoms with van der Waals surface area (Å²) in [4.78, 5) is 29.1. The van der Waals surface area contributed by atoms with Crippen molar-refractivity contribution in [1.82, 2.24) is 4.90 Å². The summed E-state index contributed by atoms with van der Waals surface area (Å²) < 4.78 is 25.3. The first kappa shape index (κ1) is 22.6. The first-order chi connectivity index (χ1) is 16.9. The van der Waals surface area contributed by atoms with Gasteiger partial charge in [-0.2, -0.15) is 0 Å². The van der Waals surface area contributed by atoms with E-state index in [9.17, 15) is 14.0 Å². The van der Waals surface area contributed by atoms with E-state index in [4.69, 9.17) is 9.15 Å². The number of nitrogens with zero attached hydrogens (tertiary/aromatic N) is 1. The van der Waals surface area contributed by atoms with Gasteiger partial charge in [0, 0.05) is 6.54 Å². The third kappa shape index (κ3) is 4.01. The van der Waals surface area contributed by atoms with Gasteiger partial charge in [0.2, 0.25) is 5.76 Å². The van der Waals surface area contributed by atoms with Crippen molar-refractivity contribution in [3.8, 4) is 5.75 Å². The molecule has 3 aromatic carbocycles. The van der Waals surface area contributed by atoms with Gasteiger partial charge in [0.15, 0.2) is 5.43 Å². The summed E-state index contributed by atoms with van der Waals surface area (Å²) in [7, 11) is 0. The Morgan fingerprint density at radius 2 is 1.86 bits per heavy atom. The van der Waals surface area contributed by atoms with E-state index in [1.165, 1.54) is 12.1 Å². The molecule has 1 aromatic heterocycles. The van der Waals surface area contributed by atoms with Gasteiger partial charge in [-0.1, -0.05) is 43.0 Å². The third-order valence-electron chi connectivity index (χ3n) is 6.21. The van der Waals surface area contributed by atoms with Crippen LogP contribution in [0.15, 0.2) is 82.5 Å².